The van der Waals surface area contributed by atoms with E-state index in [4.69, 9.17) is 4.74 Å². The van der Waals surface area contributed by atoms with Crippen molar-refractivity contribution in [1.82, 2.24) is 10.2 Å². The fourth-order valence-electron chi connectivity index (χ4n) is 3.64. The molecule has 2 aliphatic heterocycles. The highest BCUT2D eigenvalue weighted by Crippen LogP contribution is 2.44. The van der Waals surface area contributed by atoms with E-state index in [2.05, 4.69) is 23.2 Å². The number of ether oxygens (including phenoxy) is 1. The van der Waals surface area contributed by atoms with Gasteiger partial charge in [0.2, 0.25) is 0 Å². The van der Waals surface area contributed by atoms with Crippen molar-refractivity contribution in [3.05, 3.63) is 29.8 Å². The first-order valence-electron chi connectivity index (χ1n) is 7.58. The van der Waals surface area contributed by atoms with E-state index in [9.17, 15) is 5.11 Å². The zero-order valence-electron chi connectivity index (χ0n) is 12.1. The molecule has 2 aliphatic rings. The molecule has 0 aromatic heterocycles. The number of para-hydroxylation sites is 1. The second kappa shape index (κ2) is 5.72. The summed E-state index contributed by atoms with van der Waals surface area (Å²) < 4.78 is 5.86. The molecule has 1 aromatic rings. The molecule has 0 saturated carbocycles. The van der Waals surface area contributed by atoms with E-state index >= 15 is 0 Å². The molecule has 0 bridgehead atoms. The highest BCUT2D eigenvalue weighted by atomic mass is 16.5. The van der Waals surface area contributed by atoms with Crippen LogP contribution < -0.4 is 10.1 Å². The summed E-state index contributed by atoms with van der Waals surface area (Å²) in [6.07, 6.45) is 1.12. The standard InChI is InChI=1S/C16H24N2O2/c1-13-11-20-15-6-3-2-5-14(15)16(13,12-19)18-9-4-7-17-8-10-18/h2-3,5-6,13,17,19H,4,7-12H2,1H3. The van der Waals surface area contributed by atoms with Crippen molar-refractivity contribution < 1.29 is 9.84 Å². The van der Waals surface area contributed by atoms with Gasteiger partial charge in [0.1, 0.15) is 5.75 Å². The summed E-state index contributed by atoms with van der Waals surface area (Å²) in [7, 11) is 0. The van der Waals surface area contributed by atoms with Crippen LogP contribution in [0.1, 0.15) is 18.9 Å². The topological polar surface area (TPSA) is 44.7 Å². The molecule has 1 fully saturated rings. The normalized spacial score (nSPS) is 31.2. The molecule has 2 N–H and O–H groups in total. The van der Waals surface area contributed by atoms with Crippen LogP contribution in [0.3, 0.4) is 0 Å². The highest BCUT2D eigenvalue weighted by Gasteiger charge is 2.47. The number of hydrogen-bond donors (Lipinski definition) is 2. The van der Waals surface area contributed by atoms with Crippen molar-refractivity contribution in [2.24, 2.45) is 5.92 Å². The highest BCUT2D eigenvalue weighted by molar-refractivity contribution is 5.42. The molecule has 2 unspecified atom stereocenters. The number of rotatable bonds is 2. The Bertz CT molecular complexity index is 458. The van der Waals surface area contributed by atoms with Gasteiger partial charge in [0, 0.05) is 31.1 Å². The largest absolute Gasteiger partial charge is 0.493 e. The number of fused-ring (bicyclic) bond motifs is 1. The maximum Gasteiger partial charge on any atom is 0.124 e. The summed E-state index contributed by atoms with van der Waals surface area (Å²) in [6, 6.07) is 8.17. The number of nitrogens with zero attached hydrogens (tertiary/aromatic N) is 1. The molecule has 0 amide bonds. The zero-order chi connectivity index (χ0) is 14.0. The molecule has 2 atom stereocenters. The third-order valence-electron chi connectivity index (χ3n) is 4.80. The predicted molar refractivity (Wildman–Crippen MR) is 78.9 cm³/mol. The van der Waals surface area contributed by atoms with Gasteiger partial charge in [0.25, 0.3) is 0 Å². The fraction of sp³-hybridized carbons (Fsp3) is 0.625. The van der Waals surface area contributed by atoms with Crippen LogP contribution in [0.2, 0.25) is 0 Å². The SMILES string of the molecule is CC1COc2ccccc2C1(CO)N1CCCNCC1. The fourth-order valence-corrected chi connectivity index (χ4v) is 3.64. The first-order chi connectivity index (χ1) is 9.79. The Labute approximate surface area is 120 Å². The van der Waals surface area contributed by atoms with Gasteiger partial charge in [0.15, 0.2) is 0 Å². The van der Waals surface area contributed by atoms with Crippen LogP contribution in [-0.2, 0) is 5.54 Å². The molecule has 20 heavy (non-hydrogen) atoms. The molecule has 110 valence electrons. The maximum absolute atomic E-state index is 10.3. The Morgan fingerprint density at radius 1 is 1.35 bits per heavy atom. The van der Waals surface area contributed by atoms with Gasteiger partial charge in [-0.05, 0) is 19.0 Å². The number of hydrogen-bond acceptors (Lipinski definition) is 4. The van der Waals surface area contributed by atoms with Crippen molar-refractivity contribution in [3.8, 4) is 5.75 Å². The van der Waals surface area contributed by atoms with Gasteiger partial charge in [-0.1, -0.05) is 25.1 Å². The molecule has 1 saturated heterocycles. The quantitative estimate of drug-likeness (QED) is 0.852. The molecule has 0 radical (unpaired) electrons. The van der Waals surface area contributed by atoms with Crippen LogP contribution in [0.4, 0.5) is 0 Å². The summed E-state index contributed by atoms with van der Waals surface area (Å²) in [5.74, 6) is 1.21. The van der Waals surface area contributed by atoms with Gasteiger partial charge in [0.05, 0.1) is 18.8 Å². The van der Waals surface area contributed by atoms with Crippen molar-refractivity contribution in [3.63, 3.8) is 0 Å². The average molecular weight is 276 g/mol. The number of aliphatic hydroxyl groups is 1. The lowest BCUT2D eigenvalue weighted by molar-refractivity contribution is -0.0416. The molecule has 4 heteroatoms. The molecular formula is C16H24N2O2. The van der Waals surface area contributed by atoms with E-state index in [-0.39, 0.29) is 18.1 Å². The van der Waals surface area contributed by atoms with E-state index in [0.717, 1.165) is 43.9 Å². The number of nitrogens with one attached hydrogen (secondary N) is 1. The van der Waals surface area contributed by atoms with Crippen LogP contribution in [0, 0.1) is 5.92 Å². The molecule has 4 nitrogen and oxygen atoms in total. The Balaban J connectivity index is 2.05. The summed E-state index contributed by atoms with van der Waals surface area (Å²) >= 11 is 0. The van der Waals surface area contributed by atoms with Crippen LogP contribution in [0.5, 0.6) is 5.75 Å². The Morgan fingerprint density at radius 3 is 3.05 bits per heavy atom. The van der Waals surface area contributed by atoms with Gasteiger partial charge in [-0.15, -0.1) is 0 Å². The van der Waals surface area contributed by atoms with E-state index < -0.39 is 0 Å². The smallest absolute Gasteiger partial charge is 0.124 e. The van der Waals surface area contributed by atoms with Gasteiger partial charge in [-0.25, -0.2) is 0 Å². The second-order valence-corrected chi connectivity index (χ2v) is 5.88. The van der Waals surface area contributed by atoms with Crippen LogP contribution >= 0.6 is 0 Å². The Kier molecular flexibility index (Phi) is 3.96. The molecular weight excluding hydrogens is 252 g/mol. The molecule has 0 spiro atoms. The molecule has 0 aliphatic carbocycles. The monoisotopic (exact) mass is 276 g/mol. The first-order valence-corrected chi connectivity index (χ1v) is 7.58. The number of benzene rings is 1. The van der Waals surface area contributed by atoms with Gasteiger partial charge in [-0.3, -0.25) is 4.90 Å². The number of aliphatic hydroxyl groups excluding tert-OH is 1. The lowest BCUT2D eigenvalue weighted by atomic mass is 9.76. The van der Waals surface area contributed by atoms with Crippen LogP contribution in [0.15, 0.2) is 24.3 Å². The van der Waals surface area contributed by atoms with Crippen molar-refractivity contribution >= 4 is 0 Å². The van der Waals surface area contributed by atoms with E-state index in [1.54, 1.807) is 0 Å². The first kappa shape index (κ1) is 13.9. The van der Waals surface area contributed by atoms with E-state index in [1.165, 1.54) is 0 Å². The Morgan fingerprint density at radius 2 is 2.20 bits per heavy atom. The third kappa shape index (κ3) is 2.12. The maximum atomic E-state index is 10.3. The summed E-state index contributed by atoms with van der Waals surface area (Å²) in [4.78, 5) is 2.46. The molecule has 1 aromatic carbocycles. The summed E-state index contributed by atoms with van der Waals surface area (Å²) in [5.41, 5.74) is 0.837. The van der Waals surface area contributed by atoms with Gasteiger partial charge in [-0.2, -0.15) is 0 Å². The molecule has 3 rings (SSSR count). The van der Waals surface area contributed by atoms with E-state index in [1.807, 2.05) is 18.2 Å². The summed E-state index contributed by atoms with van der Waals surface area (Å²) in [5, 5.41) is 13.7. The minimum Gasteiger partial charge on any atom is -0.493 e. The van der Waals surface area contributed by atoms with Crippen molar-refractivity contribution in [2.45, 2.75) is 18.9 Å². The van der Waals surface area contributed by atoms with Gasteiger partial charge >= 0.3 is 0 Å². The van der Waals surface area contributed by atoms with E-state index in [0.29, 0.717) is 6.61 Å². The molecule has 2 heterocycles. The summed E-state index contributed by atoms with van der Waals surface area (Å²) in [6.45, 7) is 7.04. The van der Waals surface area contributed by atoms with Crippen molar-refractivity contribution in [2.75, 3.05) is 39.4 Å². The lowest BCUT2D eigenvalue weighted by Crippen LogP contribution is -2.57. The predicted octanol–water partition coefficient (Wildman–Crippen LogP) is 1.20. The lowest BCUT2D eigenvalue weighted by Gasteiger charge is -2.49. The zero-order valence-corrected chi connectivity index (χ0v) is 12.1. The minimum atomic E-state index is -0.305. The van der Waals surface area contributed by atoms with Crippen LogP contribution in [0.25, 0.3) is 0 Å². The van der Waals surface area contributed by atoms with Gasteiger partial charge < -0.3 is 15.2 Å². The minimum absolute atomic E-state index is 0.147. The second-order valence-electron chi connectivity index (χ2n) is 5.88. The third-order valence-corrected chi connectivity index (χ3v) is 4.80. The Hall–Kier alpha value is -1.10. The van der Waals surface area contributed by atoms with Crippen LogP contribution in [-0.4, -0.2) is 49.4 Å². The average Bonchev–Trinajstić information content (AvgIpc) is 2.77. The van der Waals surface area contributed by atoms with Crippen molar-refractivity contribution in [1.29, 1.82) is 0 Å².